The lowest BCUT2D eigenvalue weighted by atomic mass is 9.97. The van der Waals surface area contributed by atoms with Crippen molar-refractivity contribution in [2.75, 3.05) is 59.0 Å². The van der Waals surface area contributed by atoms with Gasteiger partial charge in [-0.1, -0.05) is 0 Å². The number of likely N-dealkylation sites (tertiary alicyclic amines) is 1. The second-order valence-corrected chi connectivity index (χ2v) is 7.51. The highest BCUT2D eigenvalue weighted by Crippen LogP contribution is 2.24. The number of carbonyl (C=O) groups excluding carboxylic acids is 2. The smallest absolute Gasteiger partial charge is 0.320 e. The van der Waals surface area contributed by atoms with Crippen LogP contribution in [0.1, 0.15) is 39.5 Å². The summed E-state index contributed by atoms with van der Waals surface area (Å²) in [7, 11) is 0. The molecule has 0 aromatic rings. The van der Waals surface area contributed by atoms with Crippen LogP contribution in [0.3, 0.4) is 0 Å². The van der Waals surface area contributed by atoms with Gasteiger partial charge in [-0.3, -0.25) is 9.69 Å². The molecule has 3 rings (SSSR count). The molecule has 7 heteroatoms. The van der Waals surface area contributed by atoms with Crippen LogP contribution in [0.2, 0.25) is 0 Å². The number of hydrogen-bond acceptors (Lipinski definition) is 4. The van der Waals surface area contributed by atoms with E-state index in [2.05, 4.69) is 9.80 Å². The standard InChI is InChI=1S/C19H34N4O3/c1-3-20(4-2)19(25)22-12-10-21(11-13-22)17-6-5-9-23(18(17)24)16-7-14-26-15-8-16/h16-17H,3-15H2,1-2H3. The molecular weight excluding hydrogens is 332 g/mol. The quantitative estimate of drug-likeness (QED) is 0.751. The van der Waals surface area contributed by atoms with Crippen molar-refractivity contribution in [1.29, 1.82) is 0 Å². The Morgan fingerprint density at radius 1 is 1.04 bits per heavy atom. The molecule has 0 saturated carbocycles. The summed E-state index contributed by atoms with van der Waals surface area (Å²) in [6.45, 7) is 11.0. The predicted molar refractivity (Wildman–Crippen MR) is 100 cm³/mol. The first-order valence-electron chi connectivity index (χ1n) is 10.3. The summed E-state index contributed by atoms with van der Waals surface area (Å²) in [6, 6.07) is 0.482. The molecule has 3 heterocycles. The number of urea groups is 1. The lowest BCUT2D eigenvalue weighted by Crippen LogP contribution is -2.61. The molecule has 0 bridgehead atoms. The molecule has 0 aromatic heterocycles. The maximum Gasteiger partial charge on any atom is 0.320 e. The van der Waals surface area contributed by atoms with Crippen LogP contribution in [-0.4, -0.2) is 103 Å². The van der Waals surface area contributed by atoms with Crippen LogP contribution in [0.5, 0.6) is 0 Å². The lowest BCUT2D eigenvalue weighted by Gasteiger charge is -2.45. The summed E-state index contributed by atoms with van der Waals surface area (Å²) in [5.41, 5.74) is 0. The van der Waals surface area contributed by atoms with Crippen molar-refractivity contribution in [3.05, 3.63) is 0 Å². The van der Waals surface area contributed by atoms with Gasteiger partial charge in [0.15, 0.2) is 0 Å². The van der Waals surface area contributed by atoms with Crippen LogP contribution in [0.25, 0.3) is 0 Å². The fourth-order valence-corrected chi connectivity index (χ4v) is 4.50. The molecule has 148 valence electrons. The van der Waals surface area contributed by atoms with Gasteiger partial charge in [0.05, 0.1) is 6.04 Å². The number of ether oxygens (including phenoxy) is 1. The molecule has 0 N–H and O–H groups in total. The van der Waals surface area contributed by atoms with Crippen molar-refractivity contribution >= 4 is 11.9 Å². The third-order valence-electron chi connectivity index (χ3n) is 6.14. The van der Waals surface area contributed by atoms with E-state index in [4.69, 9.17) is 4.74 Å². The number of nitrogens with zero attached hydrogens (tertiary/aromatic N) is 4. The van der Waals surface area contributed by atoms with E-state index < -0.39 is 0 Å². The molecule has 7 nitrogen and oxygen atoms in total. The van der Waals surface area contributed by atoms with E-state index in [0.717, 1.165) is 84.7 Å². The van der Waals surface area contributed by atoms with Crippen LogP contribution in [0.15, 0.2) is 0 Å². The zero-order valence-corrected chi connectivity index (χ0v) is 16.4. The van der Waals surface area contributed by atoms with Gasteiger partial charge in [-0.05, 0) is 39.5 Å². The highest BCUT2D eigenvalue weighted by Gasteiger charge is 2.38. The molecular formula is C19H34N4O3. The van der Waals surface area contributed by atoms with Gasteiger partial charge in [0.2, 0.25) is 5.91 Å². The molecule has 3 aliphatic heterocycles. The summed E-state index contributed by atoms with van der Waals surface area (Å²) in [4.78, 5) is 33.8. The van der Waals surface area contributed by atoms with E-state index in [-0.39, 0.29) is 12.1 Å². The van der Waals surface area contributed by atoms with Crippen LogP contribution in [0.4, 0.5) is 4.79 Å². The van der Waals surface area contributed by atoms with Gasteiger partial charge in [0.25, 0.3) is 0 Å². The Kier molecular flexibility index (Phi) is 6.75. The predicted octanol–water partition coefficient (Wildman–Crippen LogP) is 1.24. The topological polar surface area (TPSA) is 56.3 Å². The molecule has 1 atom stereocenters. The van der Waals surface area contributed by atoms with E-state index in [1.807, 2.05) is 23.6 Å². The van der Waals surface area contributed by atoms with Crippen molar-refractivity contribution in [3.8, 4) is 0 Å². The minimum atomic E-state index is -0.00250. The fraction of sp³-hybridized carbons (Fsp3) is 0.895. The molecule has 0 spiro atoms. The van der Waals surface area contributed by atoms with Crippen molar-refractivity contribution in [1.82, 2.24) is 19.6 Å². The zero-order valence-electron chi connectivity index (χ0n) is 16.4. The SMILES string of the molecule is CCN(CC)C(=O)N1CCN(C2CCCN(C3CCOCC3)C2=O)CC1. The molecule has 0 radical (unpaired) electrons. The van der Waals surface area contributed by atoms with Crippen molar-refractivity contribution < 1.29 is 14.3 Å². The van der Waals surface area contributed by atoms with Gasteiger partial charge >= 0.3 is 6.03 Å². The summed E-state index contributed by atoms with van der Waals surface area (Å²) in [5, 5.41) is 0. The van der Waals surface area contributed by atoms with E-state index >= 15 is 0 Å². The maximum absolute atomic E-state index is 13.1. The molecule has 3 aliphatic rings. The first-order valence-corrected chi connectivity index (χ1v) is 10.3. The van der Waals surface area contributed by atoms with Crippen LogP contribution in [-0.2, 0) is 9.53 Å². The first-order chi connectivity index (χ1) is 12.7. The number of piperidine rings is 1. The first kappa shape index (κ1) is 19.4. The Bertz CT molecular complexity index is 483. The second kappa shape index (κ2) is 9.04. The molecule has 0 aromatic carbocycles. The number of rotatable bonds is 4. The van der Waals surface area contributed by atoms with Gasteiger partial charge in [0.1, 0.15) is 0 Å². The van der Waals surface area contributed by atoms with Crippen LogP contribution in [0, 0.1) is 0 Å². The fourth-order valence-electron chi connectivity index (χ4n) is 4.50. The minimum Gasteiger partial charge on any atom is -0.381 e. The lowest BCUT2D eigenvalue weighted by molar-refractivity contribution is -0.145. The molecule has 3 saturated heterocycles. The number of hydrogen-bond donors (Lipinski definition) is 0. The van der Waals surface area contributed by atoms with Crippen molar-refractivity contribution in [3.63, 3.8) is 0 Å². The van der Waals surface area contributed by atoms with Gasteiger partial charge in [-0.25, -0.2) is 4.79 Å². The highest BCUT2D eigenvalue weighted by molar-refractivity contribution is 5.83. The summed E-state index contributed by atoms with van der Waals surface area (Å²) in [5.74, 6) is 0.298. The average molecular weight is 367 g/mol. The van der Waals surface area contributed by atoms with E-state index in [1.54, 1.807) is 0 Å². The molecule has 1 unspecified atom stereocenters. The minimum absolute atomic E-state index is 0.00250. The number of piperazine rings is 1. The monoisotopic (exact) mass is 366 g/mol. The Morgan fingerprint density at radius 2 is 1.69 bits per heavy atom. The highest BCUT2D eigenvalue weighted by atomic mass is 16.5. The third-order valence-corrected chi connectivity index (χ3v) is 6.14. The molecule has 0 aliphatic carbocycles. The van der Waals surface area contributed by atoms with Crippen molar-refractivity contribution in [2.45, 2.75) is 51.6 Å². The number of amides is 3. The van der Waals surface area contributed by atoms with Gasteiger partial charge in [-0.15, -0.1) is 0 Å². The second-order valence-electron chi connectivity index (χ2n) is 7.51. The zero-order chi connectivity index (χ0) is 18.5. The van der Waals surface area contributed by atoms with Gasteiger partial charge in [0, 0.05) is 65.1 Å². The molecule has 3 fully saturated rings. The maximum atomic E-state index is 13.1. The van der Waals surface area contributed by atoms with E-state index in [0.29, 0.717) is 11.9 Å². The Hall–Kier alpha value is -1.34. The van der Waals surface area contributed by atoms with Gasteiger partial charge < -0.3 is 19.4 Å². The Morgan fingerprint density at radius 3 is 2.31 bits per heavy atom. The average Bonchev–Trinajstić information content (AvgIpc) is 2.70. The molecule has 26 heavy (non-hydrogen) atoms. The van der Waals surface area contributed by atoms with Crippen LogP contribution < -0.4 is 0 Å². The third kappa shape index (κ3) is 4.14. The summed E-state index contributed by atoms with van der Waals surface area (Å²) >= 11 is 0. The Balaban J connectivity index is 1.55. The largest absolute Gasteiger partial charge is 0.381 e. The number of carbonyl (C=O) groups is 2. The molecule has 3 amide bonds. The van der Waals surface area contributed by atoms with Crippen molar-refractivity contribution in [2.24, 2.45) is 0 Å². The summed E-state index contributed by atoms with van der Waals surface area (Å²) in [6.07, 6.45) is 3.95. The summed E-state index contributed by atoms with van der Waals surface area (Å²) < 4.78 is 5.45. The normalized spacial score (nSPS) is 26.2. The van der Waals surface area contributed by atoms with Gasteiger partial charge in [-0.2, -0.15) is 0 Å². The van der Waals surface area contributed by atoms with E-state index in [9.17, 15) is 9.59 Å². The van der Waals surface area contributed by atoms with Crippen LogP contribution >= 0.6 is 0 Å². The Labute approximate surface area is 157 Å². The van der Waals surface area contributed by atoms with E-state index in [1.165, 1.54) is 0 Å².